The lowest BCUT2D eigenvalue weighted by molar-refractivity contribution is 0.0372. The maximum atomic E-state index is 10.1. The minimum absolute atomic E-state index is 0.162. The average molecular weight is 276 g/mol. The summed E-state index contributed by atoms with van der Waals surface area (Å²) in [5.74, 6) is 0.405. The molecule has 0 radical (unpaired) electrons. The van der Waals surface area contributed by atoms with Gasteiger partial charge in [0.15, 0.2) is 0 Å². The number of hydrogen-bond donors (Lipinski definition) is 2. The van der Waals surface area contributed by atoms with Crippen LogP contribution in [-0.4, -0.2) is 41.8 Å². The number of benzene rings is 1. The van der Waals surface area contributed by atoms with E-state index in [1.807, 2.05) is 0 Å². The van der Waals surface area contributed by atoms with Crippen molar-refractivity contribution in [2.24, 2.45) is 5.92 Å². The Bertz CT molecular complexity index is 382. The molecule has 2 rings (SSSR count). The summed E-state index contributed by atoms with van der Waals surface area (Å²) in [5.41, 5.74) is 1.33. The molecule has 0 saturated carbocycles. The first-order chi connectivity index (χ1) is 9.72. The topological polar surface area (TPSA) is 35.5 Å². The van der Waals surface area contributed by atoms with Crippen molar-refractivity contribution >= 4 is 0 Å². The maximum absolute atomic E-state index is 10.1. The van der Waals surface area contributed by atoms with Gasteiger partial charge in [0, 0.05) is 25.7 Å². The Morgan fingerprint density at radius 2 is 2.00 bits per heavy atom. The van der Waals surface area contributed by atoms with E-state index in [4.69, 9.17) is 0 Å². The molecule has 0 amide bonds. The molecule has 0 aromatic heterocycles. The predicted molar refractivity (Wildman–Crippen MR) is 83.6 cm³/mol. The fraction of sp³-hybridized carbons (Fsp3) is 0.647. The van der Waals surface area contributed by atoms with Gasteiger partial charge in [-0.15, -0.1) is 0 Å². The third-order valence-electron chi connectivity index (χ3n) is 4.41. The van der Waals surface area contributed by atoms with Crippen molar-refractivity contribution in [1.82, 2.24) is 10.2 Å². The molecule has 3 nitrogen and oxygen atoms in total. The first kappa shape index (κ1) is 15.5. The van der Waals surface area contributed by atoms with Crippen LogP contribution in [0.2, 0.25) is 0 Å². The Kier molecular flexibility index (Phi) is 6.02. The molecule has 0 bridgehead atoms. The Balaban J connectivity index is 1.89. The number of nitrogens with one attached hydrogen (secondary N) is 1. The summed E-state index contributed by atoms with van der Waals surface area (Å²) in [6.45, 7) is 8.39. The van der Waals surface area contributed by atoms with E-state index in [1.54, 1.807) is 0 Å². The standard InChI is InChI=1S/C17H28N2O/c1-3-17(20)15-10-16(13-19(4-2)12-15)18-11-14-8-6-5-7-9-14/h5-9,15-18,20H,3-4,10-13H2,1-2H3. The van der Waals surface area contributed by atoms with Gasteiger partial charge in [0.2, 0.25) is 0 Å². The Morgan fingerprint density at radius 1 is 1.25 bits per heavy atom. The quantitative estimate of drug-likeness (QED) is 0.836. The Hall–Kier alpha value is -0.900. The van der Waals surface area contributed by atoms with Crippen LogP contribution in [0.15, 0.2) is 30.3 Å². The van der Waals surface area contributed by atoms with Gasteiger partial charge in [-0.2, -0.15) is 0 Å². The van der Waals surface area contributed by atoms with E-state index in [0.29, 0.717) is 12.0 Å². The SMILES string of the molecule is CCC(O)C1CC(NCc2ccccc2)CN(CC)C1. The molecule has 1 aromatic rings. The summed E-state index contributed by atoms with van der Waals surface area (Å²) in [4.78, 5) is 2.45. The number of likely N-dealkylation sites (tertiary alicyclic amines) is 1. The summed E-state index contributed by atoms with van der Waals surface area (Å²) < 4.78 is 0. The largest absolute Gasteiger partial charge is 0.393 e. The van der Waals surface area contributed by atoms with Gasteiger partial charge in [-0.25, -0.2) is 0 Å². The number of aliphatic hydroxyl groups is 1. The molecule has 3 atom stereocenters. The Labute approximate surface area is 123 Å². The van der Waals surface area contributed by atoms with Crippen LogP contribution in [0.5, 0.6) is 0 Å². The summed E-state index contributed by atoms with van der Waals surface area (Å²) >= 11 is 0. The van der Waals surface area contributed by atoms with E-state index in [9.17, 15) is 5.11 Å². The monoisotopic (exact) mass is 276 g/mol. The second-order valence-electron chi connectivity index (χ2n) is 5.89. The fourth-order valence-electron chi connectivity index (χ4n) is 3.11. The highest BCUT2D eigenvalue weighted by molar-refractivity contribution is 5.14. The van der Waals surface area contributed by atoms with Gasteiger partial charge in [-0.1, -0.05) is 44.2 Å². The van der Waals surface area contributed by atoms with Gasteiger partial charge in [0.1, 0.15) is 0 Å². The van der Waals surface area contributed by atoms with E-state index in [-0.39, 0.29) is 6.10 Å². The fourth-order valence-corrected chi connectivity index (χ4v) is 3.11. The lowest BCUT2D eigenvalue weighted by atomic mass is 9.88. The zero-order valence-corrected chi connectivity index (χ0v) is 12.8. The molecule has 1 fully saturated rings. The van der Waals surface area contributed by atoms with Crippen LogP contribution in [0, 0.1) is 5.92 Å². The molecule has 2 N–H and O–H groups in total. The number of aliphatic hydroxyl groups excluding tert-OH is 1. The molecular weight excluding hydrogens is 248 g/mol. The molecule has 1 heterocycles. The predicted octanol–water partition coefficient (Wildman–Crippen LogP) is 2.26. The summed E-state index contributed by atoms with van der Waals surface area (Å²) in [7, 11) is 0. The molecule has 3 heteroatoms. The van der Waals surface area contributed by atoms with E-state index in [0.717, 1.165) is 39.0 Å². The Morgan fingerprint density at radius 3 is 2.65 bits per heavy atom. The van der Waals surface area contributed by atoms with Gasteiger partial charge in [0.05, 0.1) is 6.10 Å². The number of likely N-dealkylation sites (N-methyl/N-ethyl adjacent to an activating group) is 1. The highest BCUT2D eigenvalue weighted by Gasteiger charge is 2.29. The molecule has 3 unspecified atom stereocenters. The molecule has 20 heavy (non-hydrogen) atoms. The lowest BCUT2D eigenvalue weighted by Gasteiger charge is -2.39. The van der Waals surface area contributed by atoms with Crippen molar-refractivity contribution in [3.05, 3.63) is 35.9 Å². The first-order valence-electron chi connectivity index (χ1n) is 7.90. The van der Waals surface area contributed by atoms with Crippen molar-refractivity contribution in [3.8, 4) is 0 Å². The molecule has 1 saturated heterocycles. The van der Waals surface area contributed by atoms with Crippen LogP contribution in [0.1, 0.15) is 32.3 Å². The van der Waals surface area contributed by atoms with Gasteiger partial charge in [-0.05, 0) is 30.9 Å². The van der Waals surface area contributed by atoms with Crippen molar-refractivity contribution in [1.29, 1.82) is 0 Å². The summed E-state index contributed by atoms with van der Waals surface area (Å²) in [6.07, 6.45) is 1.77. The first-order valence-corrected chi connectivity index (χ1v) is 7.90. The van der Waals surface area contributed by atoms with Gasteiger partial charge in [-0.3, -0.25) is 0 Å². The van der Waals surface area contributed by atoms with Crippen LogP contribution < -0.4 is 5.32 Å². The second kappa shape index (κ2) is 7.77. The van der Waals surface area contributed by atoms with Crippen LogP contribution in [-0.2, 0) is 6.54 Å². The van der Waals surface area contributed by atoms with E-state index >= 15 is 0 Å². The van der Waals surface area contributed by atoms with E-state index in [1.165, 1.54) is 5.56 Å². The molecule has 1 aromatic carbocycles. The summed E-state index contributed by atoms with van der Waals surface area (Å²) in [6, 6.07) is 11.0. The number of piperidine rings is 1. The number of hydrogen-bond acceptors (Lipinski definition) is 3. The second-order valence-corrected chi connectivity index (χ2v) is 5.89. The van der Waals surface area contributed by atoms with E-state index in [2.05, 4.69) is 54.4 Å². The molecule has 1 aliphatic rings. The van der Waals surface area contributed by atoms with Crippen LogP contribution in [0.25, 0.3) is 0 Å². The number of nitrogens with zero attached hydrogens (tertiary/aromatic N) is 1. The minimum atomic E-state index is -0.162. The van der Waals surface area contributed by atoms with Crippen LogP contribution >= 0.6 is 0 Å². The van der Waals surface area contributed by atoms with E-state index < -0.39 is 0 Å². The van der Waals surface area contributed by atoms with Gasteiger partial charge < -0.3 is 15.3 Å². The third kappa shape index (κ3) is 4.30. The zero-order valence-electron chi connectivity index (χ0n) is 12.8. The molecule has 0 spiro atoms. The van der Waals surface area contributed by atoms with Gasteiger partial charge >= 0.3 is 0 Å². The summed E-state index contributed by atoms with van der Waals surface area (Å²) in [5, 5.41) is 13.8. The zero-order chi connectivity index (χ0) is 14.4. The number of rotatable bonds is 6. The lowest BCUT2D eigenvalue weighted by Crippen LogP contribution is -2.51. The highest BCUT2D eigenvalue weighted by Crippen LogP contribution is 2.22. The highest BCUT2D eigenvalue weighted by atomic mass is 16.3. The van der Waals surface area contributed by atoms with Crippen LogP contribution in [0.4, 0.5) is 0 Å². The normalized spacial score (nSPS) is 25.6. The average Bonchev–Trinajstić information content (AvgIpc) is 2.52. The van der Waals surface area contributed by atoms with Crippen molar-refractivity contribution in [2.75, 3.05) is 19.6 Å². The van der Waals surface area contributed by atoms with Crippen molar-refractivity contribution in [3.63, 3.8) is 0 Å². The third-order valence-corrected chi connectivity index (χ3v) is 4.41. The maximum Gasteiger partial charge on any atom is 0.0578 e. The smallest absolute Gasteiger partial charge is 0.0578 e. The minimum Gasteiger partial charge on any atom is -0.393 e. The molecule has 1 aliphatic heterocycles. The molecule has 112 valence electrons. The van der Waals surface area contributed by atoms with Crippen molar-refractivity contribution < 1.29 is 5.11 Å². The molecule has 0 aliphatic carbocycles. The molecular formula is C17H28N2O. The van der Waals surface area contributed by atoms with Gasteiger partial charge in [0.25, 0.3) is 0 Å². The van der Waals surface area contributed by atoms with Crippen molar-refractivity contribution in [2.45, 2.75) is 45.4 Å². The van der Waals surface area contributed by atoms with Crippen LogP contribution in [0.3, 0.4) is 0 Å².